The molecule has 3 N–H and O–H groups in total. The van der Waals surface area contributed by atoms with E-state index in [1.807, 2.05) is 0 Å². The van der Waals surface area contributed by atoms with Crippen LogP contribution < -0.4 is 16.1 Å². The minimum Gasteiger partial charge on any atom is -0.350 e. The Bertz CT molecular complexity index is 655. The summed E-state index contributed by atoms with van der Waals surface area (Å²) in [4.78, 5) is 26.8. The smallest absolute Gasteiger partial charge is 0.269 e. The van der Waals surface area contributed by atoms with Crippen molar-refractivity contribution in [2.24, 2.45) is 11.0 Å². The van der Waals surface area contributed by atoms with Crippen LogP contribution in [0.2, 0.25) is 0 Å². The first-order valence-corrected chi connectivity index (χ1v) is 10.1. The number of amides is 2. The summed E-state index contributed by atoms with van der Waals surface area (Å²) in [5.74, 6) is -1.02. The van der Waals surface area contributed by atoms with Gasteiger partial charge in [-0.1, -0.05) is 12.2 Å². The van der Waals surface area contributed by atoms with Gasteiger partial charge in [0.05, 0.1) is 13.0 Å². The lowest BCUT2D eigenvalue weighted by atomic mass is 9.84. The van der Waals surface area contributed by atoms with Crippen molar-refractivity contribution in [1.29, 1.82) is 0 Å². The minimum atomic E-state index is -1.09. The molecule has 0 radical (unpaired) electrons. The maximum atomic E-state index is 13.8. The molecule has 0 aromatic carbocycles. The minimum absolute atomic E-state index is 0.0863. The van der Waals surface area contributed by atoms with Crippen LogP contribution in [-0.2, 0) is 9.59 Å². The molecule has 3 heterocycles. The summed E-state index contributed by atoms with van der Waals surface area (Å²) in [5.41, 5.74) is 2.71. The number of nitrogens with zero attached hydrogens (tertiary/aromatic N) is 2. The highest BCUT2D eigenvalue weighted by molar-refractivity contribution is 6.40. The van der Waals surface area contributed by atoms with E-state index in [9.17, 15) is 18.4 Å². The van der Waals surface area contributed by atoms with Crippen LogP contribution in [0.1, 0.15) is 32.6 Å². The lowest BCUT2D eigenvalue weighted by molar-refractivity contribution is -0.120. The Morgan fingerprint density at radius 2 is 2.03 bits per heavy atom. The number of hydrogen-bond acceptors (Lipinski definition) is 5. The Morgan fingerprint density at radius 3 is 2.62 bits per heavy atom. The van der Waals surface area contributed by atoms with Crippen LogP contribution in [0.5, 0.6) is 0 Å². The van der Waals surface area contributed by atoms with Gasteiger partial charge in [-0.05, 0) is 51.3 Å². The highest BCUT2D eigenvalue weighted by Gasteiger charge is 2.35. The van der Waals surface area contributed by atoms with Crippen LogP contribution in [0.3, 0.4) is 0 Å². The predicted molar refractivity (Wildman–Crippen MR) is 109 cm³/mol. The molecule has 3 saturated heterocycles. The second kappa shape index (κ2) is 11.6. The Balaban J connectivity index is 1.79. The molecule has 2 unspecified atom stereocenters. The largest absolute Gasteiger partial charge is 0.350 e. The first-order chi connectivity index (χ1) is 13.9. The number of nitrogens with one attached hydrogen (secondary N) is 3. The highest BCUT2D eigenvalue weighted by atomic mass is 19.1. The van der Waals surface area contributed by atoms with Gasteiger partial charge in [-0.3, -0.25) is 9.59 Å². The Kier molecular flexibility index (Phi) is 9.24. The van der Waals surface area contributed by atoms with E-state index in [1.54, 1.807) is 7.05 Å². The number of piperidine rings is 3. The average molecular weight is 411 g/mol. The number of carbonyl (C=O) groups is 2. The lowest BCUT2D eigenvalue weighted by Gasteiger charge is -2.44. The number of carbonyl (C=O) groups excluding carboxylic acids is 2. The van der Waals surface area contributed by atoms with Gasteiger partial charge in [0.2, 0.25) is 5.91 Å². The van der Waals surface area contributed by atoms with Crippen LogP contribution in [0, 0.1) is 5.92 Å². The Hall–Kier alpha value is -2.29. The molecule has 2 bridgehead atoms. The fraction of sp³-hybridized carbons (Fsp3) is 0.650. The first-order valence-electron chi connectivity index (χ1n) is 10.1. The van der Waals surface area contributed by atoms with E-state index in [1.165, 1.54) is 25.2 Å². The fourth-order valence-electron chi connectivity index (χ4n) is 3.62. The Morgan fingerprint density at radius 1 is 1.31 bits per heavy atom. The topological polar surface area (TPSA) is 85.8 Å². The number of hydrazone groups is 1. The SMILES string of the molecule is CN/N=C(\CNC(=O)C/C(F)=C\C/C=C\C(C)F)C(=O)NC1CN2CCC1CC2. The molecule has 2 atom stereocenters. The van der Waals surface area contributed by atoms with Crippen LogP contribution in [0.15, 0.2) is 29.2 Å². The number of hydrogen-bond donors (Lipinski definition) is 3. The molecule has 2 amide bonds. The normalized spacial score (nSPS) is 25.7. The van der Waals surface area contributed by atoms with Gasteiger partial charge in [-0.15, -0.1) is 0 Å². The van der Waals surface area contributed by atoms with Crippen molar-refractivity contribution in [2.75, 3.05) is 33.2 Å². The molecule has 0 spiro atoms. The zero-order chi connectivity index (χ0) is 21.2. The molecule has 0 aromatic heterocycles. The third-order valence-corrected chi connectivity index (χ3v) is 5.14. The third kappa shape index (κ3) is 7.92. The molecule has 9 heteroatoms. The summed E-state index contributed by atoms with van der Waals surface area (Å²) in [5, 5.41) is 9.49. The summed E-state index contributed by atoms with van der Waals surface area (Å²) in [6, 6.07) is 0.0863. The molecule has 3 aliphatic rings. The van der Waals surface area contributed by atoms with Gasteiger partial charge in [-0.2, -0.15) is 5.10 Å². The van der Waals surface area contributed by atoms with Gasteiger partial charge in [-0.25, -0.2) is 8.78 Å². The number of allylic oxidation sites excluding steroid dienone is 3. The van der Waals surface area contributed by atoms with E-state index in [2.05, 4.69) is 26.1 Å². The summed E-state index contributed by atoms with van der Waals surface area (Å²) < 4.78 is 26.4. The van der Waals surface area contributed by atoms with Crippen LogP contribution in [0.25, 0.3) is 0 Å². The molecular formula is C20H31F2N5O2. The quantitative estimate of drug-likeness (QED) is 0.288. The molecular weight excluding hydrogens is 380 g/mol. The number of rotatable bonds is 10. The van der Waals surface area contributed by atoms with Crippen LogP contribution >= 0.6 is 0 Å². The van der Waals surface area contributed by atoms with E-state index >= 15 is 0 Å². The molecule has 3 fully saturated rings. The zero-order valence-corrected chi connectivity index (χ0v) is 17.1. The Labute approximate surface area is 170 Å². The number of alkyl halides is 1. The van der Waals surface area contributed by atoms with E-state index in [0.29, 0.717) is 5.92 Å². The maximum Gasteiger partial charge on any atom is 0.269 e. The van der Waals surface area contributed by atoms with Gasteiger partial charge in [0, 0.05) is 19.6 Å². The van der Waals surface area contributed by atoms with Crippen molar-refractivity contribution < 1.29 is 18.4 Å². The van der Waals surface area contributed by atoms with Gasteiger partial charge in [0.25, 0.3) is 5.91 Å². The summed E-state index contributed by atoms with van der Waals surface area (Å²) in [6.07, 6.45) is 4.87. The molecule has 0 saturated carbocycles. The van der Waals surface area contributed by atoms with Gasteiger partial charge < -0.3 is 21.0 Å². The lowest BCUT2D eigenvalue weighted by Crippen LogP contribution is -2.58. The maximum absolute atomic E-state index is 13.8. The second-order valence-electron chi connectivity index (χ2n) is 7.45. The van der Waals surface area contributed by atoms with Crippen LogP contribution in [-0.4, -0.2) is 67.9 Å². The van der Waals surface area contributed by atoms with Crippen molar-refractivity contribution in [2.45, 2.75) is 44.8 Å². The van der Waals surface area contributed by atoms with Gasteiger partial charge in [0.1, 0.15) is 17.7 Å². The predicted octanol–water partition coefficient (Wildman–Crippen LogP) is 1.44. The summed E-state index contributed by atoms with van der Waals surface area (Å²) >= 11 is 0. The monoisotopic (exact) mass is 411 g/mol. The molecule has 7 nitrogen and oxygen atoms in total. The molecule has 162 valence electrons. The highest BCUT2D eigenvalue weighted by Crippen LogP contribution is 2.27. The van der Waals surface area contributed by atoms with E-state index in [0.717, 1.165) is 32.5 Å². The number of halogens is 2. The van der Waals surface area contributed by atoms with E-state index in [4.69, 9.17) is 0 Å². The second-order valence-corrected chi connectivity index (χ2v) is 7.45. The average Bonchev–Trinajstić information content (AvgIpc) is 2.69. The standard InChI is InChI=1S/C20H31F2N5O2/c1-14(21)5-3-4-6-16(22)11-19(28)24-12-17(26-23-2)20(29)25-18-13-27-9-7-15(18)8-10-27/h3,5-6,14-15,18,23H,4,7-13H2,1-2H3,(H,24,28)(H,25,29)/b5-3-,16-6+,26-17+. The van der Waals surface area contributed by atoms with Crippen molar-refractivity contribution in [3.05, 3.63) is 24.1 Å². The molecule has 3 rings (SSSR count). The van der Waals surface area contributed by atoms with Crippen LogP contribution in [0.4, 0.5) is 8.78 Å². The first kappa shape index (κ1) is 23.0. The van der Waals surface area contributed by atoms with Gasteiger partial charge >= 0.3 is 0 Å². The third-order valence-electron chi connectivity index (χ3n) is 5.14. The van der Waals surface area contributed by atoms with Crippen molar-refractivity contribution >= 4 is 17.5 Å². The molecule has 0 aromatic rings. The fourth-order valence-corrected chi connectivity index (χ4v) is 3.62. The molecule has 0 aliphatic carbocycles. The molecule has 3 aliphatic heterocycles. The van der Waals surface area contributed by atoms with Crippen molar-refractivity contribution in [1.82, 2.24) is 21.0 Å². The van der Waals surface area contributed by atoms with Crippen molar-refractivity contribution in [3.63, 3.8) is 0 Å². The van der Waals surface area contributed by atoms with E-state index < -0.39 is 24.3 Å². The zero-order valence-electron chi connectivity index (χ0n) is 17.1. The van der Waals surface area contributed by atoms with Crippen molar-refractivity contribution in [3.8, 4) is 0 Å². The van der Waals surface area contributed by atoms with E-state index in [-0.39, 0.29) is 30.6 Å². The summed E-state index contributed by atoms with van der Waals surface area (Å²) in [7, 11) is 1.57. The summed E-state index contributed by atoms with van der Waals surface area (Å²) in [6.45, 7) is 4.26. The number of fused-ring (bicyclic) bond motifs is 3. The molecule has 29 heavy (non-hydrogen) atoms. The van der Waals surface area contributed by atoms with Gasteiger partial charge in [0.15, 0.2) is 0 Å².